The number of rotatable bonds is 6. The maximum atomic E-state index is 12.2. The minimum absolute atomic E-state index is 0.0814. The molecule has 0 aromatic heterocycles. The van der Waals surface area contributed by atoms with Crippen LogP contribution in [0.3, 0.4) is 0 Å². The molecule has 0 unspecified atom stereocenters. The highest BCUT2D eigenvalue weighted by atomic mass is 16.2. The topological polar surface area (TPSA) is 58.2 Å². The van der Waals surface area contributed by atoms with Crippen LogP contribution in [0, 0.1) is 0 Å². The van der Waals surface area contributed by atoms with Crippen molar-refractivity contribution >= 4 is 23.2 Å². The molecule has 4 nitrogen and oxygen atoms in total. The number of benzene rings is 3. The van der Waals surface area contributed by atoms with Gasteiger partial charge in [-0.05, 0) is 35.4 Å². The van der Waals surface area contributed by atoms with Crippen molar-refractivity contribution in [1.82, 2.24) is 0 Å². The molecule has 0 fully saturated rings. The van der Waals surface area contributed by atoms with Crippen molar-refractivity contribution in [3.63, 3.8) is 0 Å². The number of carbonyl (C=O) groups excluding carboxylic acids is 2. The molecule has 0 radical (unpaired) electrons. The van der Waals surface area contributed by atoms with E-state index >= 15 is 0 Å². The lowest BCUT2D eigenvalue weighted by Crippen LogP contribution is -2.16. The first-order valence-electron chi connectivity index (χ1n) is 8.47. The fourth-order valence-corrected chi connectivity index (χ4v) is 2.67. The van der Waals surface area contributed by atoms with E-state index in [1.807, 2.05) is 84.9 Å². The molecule has 0 aliphatic carbocycles. The van der Waals surface area contributed by atoms with Gasteiger partial charge in [-0.25, -0.2) is 0 Å². The number of hydrogen-bond acceptors (Lipinski definition) is 2. The number of carbonyl (C=O) groups is 2. The number of amides is 2. The first-order valence-corrected chi connectivity index (χ1v) is 8.47. The molecule has 3 aromatic carbocycles. The predicted molar refractivity (Wildman–Crippen MR) is 104 cm³/mol. The van der Waals surface area contributed by atoms with Gasteiger partial charge in [0.05, 0.1) is 12.8 Å². The number of para-hydroxylation sites is 2. The molecule has 0 aliphatic heterocycles. The first-order chi connectivity index (χ1) is 12.7. The highest BCUT2D eigenvalue weighted by Crippen LogP contribution is 2.11. The van der Waals surface area contributed by atoms with Crippen LogP contribution < -0.4 is 10.6 Å². The Hall–Kier alpha value is -3.40. The van der Waals surface area contributed by atoms with E-state index in [1.54, 1.807) is 0 Å². The molecule has 2 N–H and O–H groups in total. The third kappa shape index (κ3) is 5.31. The molecule has 0 spiro atoms. The monoisotopic (exact) mass is 344 g/mol. The Balaban J connectivity index is 1.57. The molecule has 0 saturated heterocycles. The zero-order valence-electron chi connectivity index (χ0n) is 14.3. The summed E-state index contributed by atoms with van der Waals surface area (Å²) in [5.74, 6) is -0.163. The van der Waals surface area contributed by atoms with Gasteiger partial charge in [0, 0.05) is 11.4 Å². The minimum atomic E-state index is -0.0814. The lowest BCUT2D eigenvalue weighted by Gasteiger charge is -2.08. The summed E-state index contributed by atoms with van der Waals surface area (Å²) >= 11 is 0. The van der Waals surface area contributed by atoms with Crippen molar-refractivity contribution in [3.8, 4) is 0 Å². The second-order valence-corrected chi connectivity index (χ2v) is 6.00. The van der Waals surface area contributed by atoms with Gasteiger partial charge in [0.25, 0.3) is 0 Å². The van der Waals surface area contributed by atoms with E-state index in [1.165, 1.54) is 0 Å². The van der Waals surface area contributed by atoms with Crippen molar-refractivity contribution in [2.75, 3.05) is 10.6 Å². The lowest BCUT2D eigenvalue weighted by atomic mass is 10.1. The SMILES string of the molecule is O=C(Cc1cccc(CC(=O)Nc2ccccc2)c1)Nc1ccccc1. The van der Waals surface area contributed by atoms with Crippen LogP contribution in [-0.4, -0.2) is 11.8 Å². The van der Waals surface area contributed by atoms with E-state index < -0.39 is 0 Å². The van der Waals surface area contributed by atoms with E-state index in [0.717, 1.165) is 22.5 Å². The molecule has 2 amide bonds. The third-order valence-corrected chi connectivity index (χ3v) is 3.84. The van der Waals surface area contributed by atoms with Gasteiger partial charge in [0.2, 0.25) is 11.8 Å². The standard InChI is InChI=1S/C22H20N2O2/c25-21(23-19-10-3-1-4-11-19)15-17-8-7-9-18(14-17)16-22(26)24-20-12-5-2-6-13-20/h1-14H,15-16H2,(H,23,25)(H,24,26). The molecule has 0 aliphatic rings. The van der Waals surface area contributed by atoms with Gasteiger partial charge >= 0.3 is 0 Å². The van der Waals surface area contributed by atoms with Crippen LogP contribution >= 0.6 is 0 Å². The summed E-state index contributed by atoms with van der Waals surface area (Å²) in [5.41, 5.74) is 3.30. The predicted octanol–water partition coefficient (Wildman–Crippen LogP) is 4.05. The molecule has 3 aromatic rings. The molecule has 0 heterocycles. The number of anilines is 2. The molecule has 130 valence electrons. The van der Waals surface area contributed by atoms with Crippen LogP contribution in [0.1, 0.15) is 11.1 Å². The fourth-order valence-electron chi connectivity index (χ4n) is 2.67. The van der Waals surface area contributed by atoms with Gasteiger partial charge < -0.3 is 10.6 Å². The van der Waals surface area contributed by atoms with E-state index in [0.29, 0.717) is 0 Å². The molecular weight excluding hydrogens is 324 g/mol. The van der Waals surface area contributed by atoms with Crippen molar-refractivity contribution in [2.24, 2.45) is 0 Å². The Kier molecular flexibility index (Phi) is 5.78. The molecular formula is C22H20N2O2. The summed E-state index contributed by atoms with van der Waals surface area (Å²) in [6.07, 6.45) is 0.534. The molecule has 0 bridgehead atoms. The summed E-state index contributed by atoms with van der Waals surface area (Å²) < 4.78 is 0. The van der Waals surface area contributed by atoms with Gasteiger partial charge in [0.1, 0.15) is 0 Å². The highest BCUT2D eigenvalue weighted by molar-refractivity contribution is 5.93. The maximum Gasteiger partial charge on any atom is 0.228 e. The molecule has 0 atom stereocenters. The van der Waals surface area contributed by atoms with Crippen LogP contribution in [0.4, 0.5) is 11.4 Å². The highest BCUT2D eigenvalue weighted by Gasteiger charge is 2.07. The van der Waals surface area contributed by atoms with Gasteiger partial charge in [-0.3, -0.25) is 9.59 Å². The largest absolute Gasteiger partial charge is 0.326 e. The van der Waals surface area contributed by atoms with Crippen molar-refractivity contribution in [2.45, 2.75) is 12.8 Å². The van der Waals surface area contributed by atoms with Crippen LogP contribution in [0.2, 0.25) is 0 Å². The van der Waals surface area contributed by atoms with Gasteiger partial charge in [0.15, 0.2) is 0 Å². The number of nitrogens with one attached hydrogen (secondary N) is 2. The van der Waals surface area contributed by atoms with Crippen molar-refractivity contribution in [3.05, 3.63) is 96.1 Å². The number of hydrogen-bond donors (Lipinski definition) is 2. The second kappa shape index (κ2) is 8.62. The van der Waals surface area contributed by atoms with E-state index in [-0.39, 0.29) is 24.7 Å². The summed E-state index contributed by atoms with van der Waals surface area (Å²) in [6, 6.07) is 26.3. The average molecular weight is 344 g/mol. The average Bonchev–Trinajstić information content (AvgIpc) is 2.63. The quantitative estimate of drug-likeness (QED) is 0.709. The fraction of sp³-hybridized carbons (Fsp3) is 0.0909. The Morgan fingerprint density at radius 1 is 0.577 bits per heavy atom. The summed E-state index contributed by atoms with van der Waals surface area (Å²) in [6.45, 7) is 0. The minimum Gasteiger partial charge on any atom is -0.326 e. The van der Waals surface area contributed by atoms with Crippen LogP contribution in [0.25, 0.3) is 0 Å². The van der Waals surface area contributed by atoms with E-state index in [2.05, 4.69) is 10.6 Å². The molecule has 4 heteroatoms. The van der Waals surface area contributed by atoms with E-state index in [4.69, 9.17) is 0 Å². The Labute approximate surface area is 152 Å². The smallest absolute Gasteiger partial charge is 0.228 e. The molecule has 0 saturated carbocycles. The zero-order chi connectivity index (χ0) is 18.2. The van der Waals surface area contributed by atoms with Crippen LogP contribution in [0.15, 0.2) is 84.9 Å². The first kappa shape index (κ1) is 17.4. The van der Waals surface area contributed by atoms with Crippen molar-refractivity contribution < 1.29 is 9.59 Å². The summed E-state index contributed by atoms with van der Waals surface area (Å²) in [4.78, 5) is 24.3. The maximum absolute atomic E-state index is 12.2. The van der Waals surface area contributed by atoms with Crippen LogP contribution in [-0.2, 0) is 22.4 Å². The normalized spacial score (nSPS) is 10.2. The molecule has 26 heavy (non-hydrogen) atoms. The summed E-state index contributed by atoms with van der Waals surface area (Å²) in [5, 5.41) is 5.73. The van der Waals surface area contributed by atoms with E-state index in [9.17, 15) is 9.59 Å². The van der Waals surface area contributed by atoms with Gasteiger partial charge in [-0.15, -0.1) is 0 Å². The zero-order valence-corrected chi connectivity index (χ0v) is 14.3. The lowest BCUT2D eigenvalue weighted by molar-refractivity contribution is -0.116. The second-order valence-electron chi connectivity index (χ2n) is 6.00. The Bertz CT molecular complexity index is 806. The molecule has 3 rings (SSSR count). The Morgan fingerprint density at radius 2 is 1.00 bits per heavy atom. The third-order valence-electron chi connectivity index (χ3n) is 3.84. The van der Waals surface area contributed by atoms with Crippen molar-refractivity contribution in [1.29, 1.82) is 0 Å². The van der Waals surface area contributed by atoms with Crippen LogP contribution in [0.5, 0.6) is 0 Å². The Morgan fingerprint density at radius 3 is 1.42 bits per heavy atom. The van der Waals surface area contributed by atoms with Gasteiger partial charge in [-0.2, -0.15) is 0 Å². The summed E-state index contributed by atoms with van der Waals surface area (Å²) in [7, 11) is 0. The van der Waals surface area contributed by atoms with Gasteiger partial charge in [-0.1, -0.05) is 60.7 Å².